The van der Waals surface area contributed by atoms with E-state index >= 15 is 0 Å². The third-order valence-corrected chi connectivity index (χ3v) is 4.38. The molecular formula is C16H19NaO3S. The molecule has 0 radical (unpaired) electrons. The summed E-state index contributed by atoms with van der Waals surface area (Å²) >= 11 is 0. The second kappa shape index (κ2) is 6.80. The largest absolute Gasteiger partial charge is 1.00 e. The molecule has 21 heavy (non-hydrogen) atoms. The molecule has 0 N–H and O–H groups in total. The van der Waals surface area contributed by atoms with Gasteiger partial charge in [-0.3, -0.25) is 0 Å². The van der Waals surface area contributed by atoms with Crippen LogP contribution in [0.1, 0.15) is 50.7 Å². The third kappa shape index (κ3) is 3.88. The van der Waals surface area contributed by atoms with Crippen LogP contribution in [0.25, 0.3) is 10.8 Å². The molecule has 2 rings (SSSR count). The molecule has 0 aliphatic carbocycles. The van der Waals surface area contributed by atoms with Gasteiger partial charge in [0.05, 0.1) is 4.90 Å². The summed E-state index contributed by atoms with van der Waals surface area (Å²) in [4.78, 5) is -0.137. The van der Waals surface area contributed by atoms with Crippen molar-refractivity contribution < 1.29 is 42.5 Å². The van der Waals surface area contributed by atoms with Crippen LogP contribution in [0.3, 0.4) is 0 Å². The van der Waals surface area contributed by atoms with E-state index in [1.807, 2.05) is 32.0 Å². The van der Waals surface area contributed by atoms with E-state index < -0.39 is 10.1 Å². The molecule has 0 bridgehead atoms. The van der Waals surface area contributed by atoms with Crippen LogP contribution in [0.4, 0.5) is 0 Å². The van der Waals surface area contributed by atoms with Gasteiger partial charge in [-0.1, -0.05) is 45.9 Å². The Morgan fingerprint density at radius 2 is 1.48 bits per heavy atom. The summed E-state index contributed by atoms with van der Waals surface area (Å²) in [5.74, 6) is 0.421. The van der Waals surface area contributed by atoms with Gasteiger partial charge in [0.15, 0.2) is 0 Å². The van der Waals surface area contributed by atoms with E-state index in [0.717, 1.165) is 21.9 Å². The smallest absolute Gasteiger partial charge is 0.744 e. The Morgan fingerprint density at radius 1 is 0.905 bits per heavy atom. The van der Waals surface area contributed by atoms with Crippen molar-refractivity contribution in [3.05, 3.63) is 41.5 Å². The monoisotopic (exact) mass is 314 g/mol. The molecule has 0 spiro atoms. The summed E-state index contributed by atoms with van der Waals surface area (Å²) in [7, 11) is -4.44. The maximum Gasteiger partial charge on any atom is 1.00 e. The Kier molecular flexibility index (Phi) is 6.04. The van der Waals surface area contributed by atoms with Crippen LogP contribution in [0, 0.1) is 0 Å². The molecule has 5 heteroatoms. The summed E-state index contributed by atoms with van der Waals surface area (Å²) in [6, 6.07) is 8.98. The number of rotatable bonds is 3. The molecule has 0 heterocycles. The summed E-state index contributed by atoms with van der Waals surface area (Å²) in [5, 5.41) is 1.89. The minimum Gasteiger partial charge on any atom is -0.744 e. The molecular weight excluding hydrogens is 295 g/mol. The Morgan fingerprint density at radius 3 is 1.95 bits per heavy atom. The molecule has 3 nitrogen and oxygen atoms in total. The Labute approximate surface area is 148 Å². The van der Waals surface area contributed by atoms with Crippen molar-refractivity contribution in [1.82, 2.24) is 0 Å². The van der Waals surface area contributed by atoms with Gasteiger partial charge in [-0.05, 0) is 45.9 Å². The first-order valence-corrected chi connectivity index (χ1v) is 8.15. The Balaban J connectivity index is 0.00000220. The van der Waals surface area contributed by atoms with Gasteiger partial charge < -0.3 is 4.55 Å². The number of fused-ring (bicyclic) bond motifs is 1. The summed E-state index contributed by atoms with van der Waals surface area (Å²) < 4.78 is 34.1. The van der Waals surface area contributed by atoms with Gasteiger partial charge in [0, 0.05) is 0 Å². The fourth-order valence-electron chi connectivity index (χ4n) is 2.54. The topological polar surface area (TPSA) is 57.2 Å². The van der Waals surface area contributed by atoms with Crippen LogP contribution in [0.2, 0.25) is 0 Å². The van der Waals surface area contributed by atoms with Gasteiger partial charge in [0.2, 0.25) is 0 Å². The van der Waals surface area contributed by atoms with Gasteiger partial charge in [0.1, 0.15) is 10.1 Å². The molecule has 2 aromatic rings. The van der Waals surface area contributed by atoms with Crippen molar-refractivity contribution in [2.45, 2.75) is 44.4 Å². The molecule has 0 saturated carbocycles. The predicted molar refractivity (Wildman–Crippen MR) is 80.1 cm³/mol. The van der Waals surface area contributed by atoms with Crippen molar-refractivity contribution in [2.75, 3.05) is 0 Å². The van der Waals surface area contributed by atoms with Crippen molar-refractivity contribution in [1.29, 1.82) is 0 Å². The first kappa shape index (κ1) is 18.7. The van der Waals surface area contributed by atoms with E-state index in [2.05, 4.69) is 13.8 Å². The van der Waals surface area contributed by atoms with E-state index in [1.54, 1.807) is 0 Å². The third-order valence-electron chi connectivity index (χ3n) is 3.57. The van der Waals surface area contributed by atoms with Crippen LogP contribution in [0.5, 0.6) is 0 Å². The number of benzene rings is 2. The standard InChI is InChI=1S/C16H20O3S.Na/c1-10(2)13-6-5-7-14-15(11(3)4)8-12(9-16(13)14)20(17,18)19;/h5-11H,1-4H3,(H,17,18,19);/q;+1/p-1. The molecule has 0 aliphatic heterocycles. The summed E-state index contributed by atoms with van der Waals surface area (Å²) in [5.41, 5.74) is 1.97. The zero-order valence-electron chi connectivity index (χ0n) is 13.2. The maximum absolute atomic E-state index is 11.4. The number of hydrogen-bond donors (Lipinski definition) is 0. The van der Waals surface area contributed by atoms with Crippen LogP contribution in [-0.4, -0.2) is 13.0 Å². The zero-order chi connectivity index (χ0) is 15.1. The van der Waals surface area contributed by atoms with E-state index in [4.69, 9.17) is 0 Å². The number of hydrogen-bond acceptors (Lipinski definition) is 3. The summed E-state index contributed by atoms with van der Waals surface area (Å²) in [6.45, 7) is 8.11. The van der Waals surface area contributed by atoms with E-state index in [-0.39, 0.29) is 46.3 Å². The minimum atomic E-state index is -4.44. The predicted octanol–water partition coefficient (Wildman–Crippen LogP) is 0.995. The van der Waals surface area contributed by atoms with E-state index in [9.17, 15) is 13.0 Å². The minimum absolute atomic E-state index is 0. The Bertz CT molecular complexity index is 749. The van der Waals surface area contributed by atoms with Gasteiger partial charge in [-0.25, -0.2) is 8.42 Å². The first-order valence-electron chi connectivity index (χ1n) is 6.74. The van der Waals surface area contributed by atoms with Crippen molar-refractivity contribution in [2.24, 2.45) is 0 Å². The first-order chi connectivity index (χ1) is 9.21. The molecule has 0 aromatic heterocycles. The fraction of sp³-hybridized carbons (Fsp3) is 0.375. The molecule has 0 atom stereocenters. The van der Waals surface area contributed by atoms with Crippen LogP contribution in [0.15, 0.2) is 35.2 Å². The second-order valence-electron chi connectivity index (χ2n) is 5.72. The Hall–Kier alpha value is -0.390. The van der Waals surface area contributed by atoms with Crippen LogP contribution < -0.4 is 29.6 Å². The van der Waals surface area contributed by atoms with Crippen molar-refractivity contribution in [3.8, 4) is 0 Å². The molecule has 0 amide bonds. The second-order valence-corrected chi connectivity index (χ2v) is 7.10. The zero-order valence-corrected chi connectivity index (χ0v) is 16.0. The quantitative estimate of drug-likeness (QED) is 0.627. The van der Waals surface area contributed by atoms with Gasteiger partial charge in [0.25, 0.3) is 0 Å². The molecule has 0 fully saturated rings. The van der Waals surface area contributed by atoms with Gasteiger partial charge in [-0.2, -0.15) is 0 Å². The van der Waals surface area contributed by atoms with Crippen molar-refractivity contribution >= 4 is 20.9 Å². The molecule has 0 aliphatic rings. The van der Waals surface area contributed by atoms with E-state index in [0.29, 0.717) is 0 Å². The molecule has 108 valence electrons. The average molecular weight is 314 g/mol. The average Bonchev–Trinajstić information content (AvgIpc) is 2.35. The van der Waals surface area contributed by atoms with Gasteiger partial charge >= 0.3 is 29.6 Å². The van der Waals surface area contributed by atoms with Crippen LogP contribution in [-0.2, 0) is 10.1 Å². The van der Waals surface area contributed by atoms with Crippen LogP contribution >= 0.6 is 0 Å². The normalized spacial score (nSPS) is 12.0. The SMILES string of the molecule is CC(C)c1cc(S(=O)(=O)[O-])cc2c(C(C)C)cccc12.[Na+]. The van der Waals surface area contributed by atoms with E-state index in [1.165, 1.54) is 12.1 Å². The molecule has 0 saturated heterocycles. The van der Waals surface area contributed by atoms with Crippen molar-refractivity contribution in [3.63, 3.8) is 0 Å². The van der Waals surface area contributed by atoms with Gasteiger partial charge in [-0.15, -0.1) is 0 Å². The summed E-state index contributed by atoms with van der Waals surface area (Å²) in [6.07, 6.45) is 0. The molecule has 0 unspecified atom stereocenters. The fourth-order valence-corrected chi connectivity index (χ4v) is 3.07. The molecule has 2 aromatic carbocycles. The maximum atomic E-state index is 11.4.